The molecule has 0 saturated carbocycles. The maximum atomic E-state index is 6.33. The Morgan fingerprint density at radius 3 is 2.48 bits per heavy atom. The van der Waals surface area contributed by atoms with Gasteiger partial charge in [-0.15, -0.1) is 11.6 Å². The van der Waals surface area contributed by atoms with E-state index in [1.807, 2.05) is 37.3 Å². The Bertz CT molecular complexity index is 775. The number of nitrogens with zero attached hydrogens (tertiary/aromatic N) is 2. The standard InChI is InChI=1S/C17H17ClN2O/c1-11-5-4-6-15-16(11)19-17(12(2)18)20(15)13-7-9-14(21-3)10-8-13/h4-10,12H,1-3H3. The molecule has 0 aliphatic carbocycles. The van der Waals surface area contributed by atoms with Crippen LogP contribution in [0.2, 0.25) is 0 Å². The smallest absolute Gasteiger partial charge is 0.132 e. The SMILES string of the molecule is COc1ccc(-n2c(C(C)Cl)nc3c(C)cccc32)cc1. The largest absolute Gasteiger partial charge is 0.497 e. The first kappa shape index (κ1) is 14.0. The monoisotopic (exact) mass is 300 g/mol. The molecule has 1 heterocycles. The summed E-state index contributed by atoms with van der Waals surface area (Å²) in [7, 11) is 1.66. The molecule has 1 atom stereocenters. The number of hydrogen-bond acceptors (Lipinski definition) is 2. The number of rotatable bonds is 3. The number of fused-ring (bicyclic) bond motifs is 1. The third-order valence-corrected chi connectivity index (χ3v) is 3.79. The van der Waals surface area contributed by atoms with Crippen LogP contribution < -0.4 is 4.74 Å². The summed E-state index contributed by atoms with van der Waals surface area (Å²) in [6, 6.07) is 14.1. The first-order chi connectivity index (χ1) is 10.1. The molecule has 1 unspecified atom stereocenters. The third kappa shape index (κ3) is 2.38. The van der Waals surface area contributed by atoms with Gasteiger partial charge in [0.15, 0.2) is 0 Å². The van der Waals surface area contributed by atoms with Gasteiger partial charge in [-0.1, -0.05) is 12.1 Å². The molecule has 0 amide bonds. The highest BCUT2D eigenvalue weighted by atomic mass is 35.5. The fourth-order valence-electron chi connectivity index (χ4n) is 2.53. The topological polar surface area (TPSA) is 27.1 Å². The van der Waals surface area contributed by atoms with Crippen LogP contribution in [0.4, 0.5) is 0 Å². The fourth-order valence-corrected chi connectivity index (χ4v) is 2.67. The Balaban J connectivity index is 2.28. The van der Waals surface area contributed by atoms with Crippen LogP contribution in [0, 0.1) is 6.92 Å². The lowest BCUT2D eigenvalue weighted by atomic mass is 10.2. The van der Waals surface area contributed by atoms with Crippen molar-refractivity contribution in [2.24, 2.45) is 0 Å². The zero-order valence-corrected chi connectivity index (χ0v) is 13.1. The number of methoxy groups -OCH3 is 1. The Labute approximate surface area is 129 Å². The van der Waals surface area contributed by atoms with Gasteiger partial charge in [-0.3, -0.25) is 4.57 Å². The molecule has 3 nitrogen and oxygen atoms in total. The van der Waals surface area contributed by atoms with Crippen LogP contribution in [0.5, 0.6) is 5.75 Å². The summed E-state index contributed by atoms with van der Waals surface area (Å²) in [4.78, 5) is 4.73. The molecule has 4 heteroatoms. The van der Waals surface area contributed by atoms with Gasteiger partial charge in [0.2, 0.25) is 0 Å². The second kappa shape index (κ2) is 5.41. The predicted octanol–water partition coefficient (Wildman–Crippen LogP) is 4.64. The summed E-state index contributed by atoms with van der Waals surface area (Å²) < 4.78 is 7.33. The average molecular weight is 301 g/mol. The van der Waals surface area contributed by atoms with Crippen molar-refractivity contribution in [1.82, 2.24) is 9.55 Å². The molecule has 0 aliphatic heterocycles. The molecular formula is C17H17ClN2O. The zero-order valence-electron chi connectivity index (χ0n) is 12.3. The molecular weight excluding hydrogens is 284 g/mol. The van der Waals surface area contributed by atoms with E-state index in [0.29, 0.717) is 0 Å². The summed E-state index contributed by atoms with van der Waals surface area (Å²) >= 11 is 6.33. The van der Waals surface area contributed by atoms with E-state index in [1.54, 1.807) is 7.11 Å². The molecule has 0 aliphatic rings. The van der Waals surface area contributed by atoms with Crippen LogP contribution >= 0.6 is 11.6 Å². The van der Waals surface area contributed by atoms with Crippen molar-refractivity contribution in [2.45, 2.75) is 19.2 Å². The fraction of sp³-hybridized carbons (Fsp3) is 0.235. The Kier molecular flexibility index (Phi) is 3.60. The lowest BCUT2D eigenvalue weighted by Gasteiger charge is -2.11. The second-order valence-corrected chi connectivity index (χ2v) is 5.72. The molecule has 0 fully saturated rings. The third-order valence-electron chi connectivity index (χ3n) is 3.60. The molecule has 0 radical (unpaired) electrons. The number of aryl methyl sites for hydroxylation is 1. The van der Waals surface area contributed by atoms with Crippen LogP contribution in [0.1, 0.15) is 23.7 Å². The number of halogens is 1. The maximum Gasteiger partial charge on any atom is 0.132 e. The minimum absolute atomic E-state index is 0.168. The number of imidazole rings is 1. The number of ether oxygens (including phenoxy) is 1. The van der Waals surface area contributed by atoms with Gasteiger partial charge in [0, 0.05) is 5.69 Å². The molecule has 108 valence electrons. The molecule has 1 aromatic heterocycles. The van der Waals surface area contributed by atoms with E-state index < -0.39 is 0 Å². The molecule has 3 aromatic rings. The van der Waals surface area contributed by atoms with Gasteiger partial charge in [-0.05, 0) is 49.7 Å². The molecule has 0 N–H and O–H groups in total. The molecule has 0 saturated heterocycles. The summed E-state index contributed by atoms with van der Waals surface area (Å²) in [5.41, 5.74) is 4.25. The lowest BCUT2D eigenvalue weighted by molar-refractivity contribution is 0.414. The number of hydrogen-bond donors (Lipinski definition) is 0. The van der Waals surface area contributed by atoms with E-state index in [2.05, 4.69) is 23.6 Å². The van der Waals surface area contributed by atoms with Crippen molar-refractivity contribution in [1.29, 1.82) is 0 Å². The molecule has 21 heavy (non-hydrogen) atoms. The Morgan fingerprint density at radius 1 is 1.14 bits per heavy atom. The zero-order chi connectivity index (χ0) is 15.0. The summed E-state index contributed by atoms with van der Waals surface area (Å²) in [5.74, 6) is 1.69. The lowest BCUT2D eigenvalue weighted by Crippen LogP contribution is -2.01. The quantitative estimate of drug-likeness (QED) is 0.659. The number of para-hydroxylation sites is 1. The highest BCUT2D eigenvalue weighted by molar-refractivity contribution is 6.20. The number of aromatic nitrogens is 2. The molecule has 3 rings (SSSR count). The van der Waals surface area contributed by atoms with E-state index in [1.165, 1.54) is 0 Å². The molecule has 0 bridgehead atoms. The predicted molar refractivity (Wildman–Crippen MR) is 86.6 cm³/mol. The number of benzene rings is 2. The van der Waals surface area contributed by atoms with Gasteiger partial charge in [-0.25, -0.2) is 4.98 Å². The number of alkyl halides is 1. The van der Waals surface area contributed by atoms with Crippen molar-refractivity contribution < 1.29 is 4.74 Å². The maximum absolute atomic E-state index is 6.33. The molecule has 2 aromatic carbocycles. The van der Waals surface area contributed by atoms with Crippen molar-refractivity contribution in [3.05, 3.63) is 53.9 Å². The van der Waals surface area contributed by atoms with E-state index in [4.69, 9.17) is 21.3 Å². The van der Waals surface area contributed by atoms with Crippen LogP contribution in [0.15, 0.2) is 42.5 Å². The average Bonchev–Trinajstić information content (AvgIpc) is 2.88. The van der Waals surface area contributed by atoms with Crippen LogP contribution in [0.3, 0.4) is 0 Å². The van der Waals surface area contributed by atoms with E-state index >= 15 is 0 Å². The van der Waals surface area contributed by atoms with Gasteiger partial charge >= 0.3 is 0 Å². The first-order valence-electron chi connectivity index (χ1n) is 6.88. The Hall–Kier alpha value is -2.00. The van der Waals surface area contributed by atoms with Crippen LogP contribution in [-0.4, -0.2) is 16.7 Å². The van der Waals surface area contributed by atoms with E-state index in [0.717, 1.165) is 33.9 Å². The van der Waals surface area contributed by atoms with Gasteiger partial charge in [0.25, 0.3) is 0 Å². The van der Waals surface area contributed by atoms with E-state index in [-0.39, 0.29) is 5.38 Å². The van der Waals surface area contributed by atoms with Crippen LogP contribution in [-0.2, 0) is 0 Å². The van der Waals surface area contributed by atoms with Crippen molar-refractivity contribution in [2.75, 3.05) is 7.11 Å². The summed E-state index contributed by atoms with van der Waals surface area (Å²) in [5, 5.41) is -0.168. The van der Waals surface area contributed by atoms with Crippen LogP contribution in [0.25, 0.3) is 16.7 Å². The minimum Gasteiger partial charge on any atom is -0.497 e. The van der Waals surface area contributed by atoms with Gasteiger partial charge in [0.05, 0.1) is 23.5 Å². The highest BCUT2D eigenvalue weighted by Gasteiger charge is 2.17. The minimum atomic E-state index is -0.168. The summed E-state index contributed by atoms with van der Waals surface area (Å²) in [6.07, 6.45) is 0. The van der Waals surface area contributed by atoms with Crippen molar-refractivity contribution >= 4 is 22.6 Å². The normalized spacial score (nSPS) is 12.6. The highest BCUT2D eigenvalue weighted by Crippen LogP contribution is 2.30. The van der Waals surface area contributed by atoms with Gasteiger partial charge in [-0.2, -0.15) is 0 Å². The second-order valence-electron chi connectivity index (χ2n) is 5.06. The van der Waals surface area contributed by atoms with Gasteiger partial charge < -0.3 is 4.74 Å². The Morgan fingerprint density at radius 2 is 1.86 bits per heavy atom. The molecule has 0 spiro atoms. The van der Waals surface area contributed by atoms with Crippen molar-refractivity contribution in [3.63, 3.8) is 0 Å². The van der Waals surface area contributed by atoms with E-state index in [9.17, 15) is 0 Å². The van der Waals surface area contributed by atoms with Crippen molar-refractivity contribution in [3.8, 4) is 11.4 Å². The summed E-state index contributed by atoms with van der Waals surface area (Å²) in [6.45, 7) is 4.01. The van der Waals surface area contributed by atoms with Gasteiger partial charge in [0.1, 0.15) is 11.6 Å². The first-order valence-corrected chi connectivity index (χ1v) is 7.32.